The van der Waals surface area contributed by atoms with Crippen LogP contribution in [0, 0.1) is 17.9 Å². The van der Waals surface area contributed by atoms with E-state index in [9.17, 15) is 23.1 Å². The third kappa shape index (κ3) is 11.1. The van der Waals surface area contributed by atoms with Crippen molar-refractivity contribution in [2.45, 2.75) is 138 Å². The fourth-order valence-corrected chi connectivity index (χ4v) is 8.96. The molecule has 0 bridgehead atoms. The van der Waals surface area contributed by atoms with Gasteiger partial charge in [-0.15, -0.1) is 40.5 Å². The second-order valence-electron chi connectivity index (χ2n) is 20.0. The van der Waals surface area contributed by atoms with E-state index in [2.05, 4.69) is 80.5 Å². The first-order valence-electron chi connectivity index (χ1n) is 22.7. The van der Waals surface area contributed by atoms with Crippen molar-refractivity contribution < 1.29 is 43.2 Å². The second-order valence-corrected chi connectivity index (χ2v) is 21.0. The van der Waals surface area contributed by atoms with Crippen LogP contribution in [0.25, 0.3) is 60.2 Å². The first kappa shape index (κ1) is 52.2. The number of halogens is 3. The number of rotatable bonds is 10. The van der Waals surface area contributed by atoms with E-state index in [1.54, 1.807) is 12.3 Å². The Morgan fingerprint density at radius 3 is 1.89 bits per heavy atom. The molecule has 0 aliphatic heterocycles. The number of fused-ring (bicyclic) bond motifs is 4. The molecule has 0 saturated carbocycles. The Morgan fingerprint density at radius 2 is 1.35 bits per heavy atom. The van der Waals surface area contributed by atoms with Crippen molar-refractivity contribution in [2.24, 2.45) is 11.8 Å². The summed E-state index contributed by atoms with van der Waals surface area (Å²) >= 11 is 0.713. The van der Waals surface area contributed by atoms with Gasteiger partial charge in [0.25, 0.3) is 0 Å². The molecule has 0 amide bonds. The molecule has 353 valence electrons. The number of carbonyl (C=O) groups is 1. The largest absolute Gasteiger partial charge is 0.512 e. The third-order valence-corrected chi connectivity index (χ3v) is 13.0. The number of aromatic nitrogens is 5. The van der Waals surface area contributed by atoms with Gasteiger partial charge < -0.3 is 9.67 Å². The molecule has 0 aliphatic carbocycles. The van der Waals surface area contributed by atoms with Gasteiger partial charge in [-0.05, 0) is 55.4 Å². The maximum atomic E-state index is 14.0. The average Bonchev–Trinajstić information content (AvgIpc) is 3.87. The van der Waals surface area contributed by atoms with E-state index in [1.165, 1.54) is 6.08 Å². The molecule has 0 atom stereocenters. The van der Waals surface area contributed by atoms with Gasteiger partial charge in [-0.3, -0.25) is 9.78 Å². The molecule has 7 nitrogen and oxygen atoms in total. The Balaban J connectivity index is 0.000000440. The van der Waals surface area contributed by atoms with Crippen LogP contribution in [-0.2, 0) is 47.3 Å². The molecule has 4 heterocycles. The summed E-state index contributed by atoms with van der Waals surface area (Å²) < 4.78 is 44.0. The summed E-state index contributed by atoms with van der Waals surface area (Å²) in [5, 5.41) is 14.0. The van der Waals surface area contributed by atoms with Crippen LogP contribution in [0.15, 0.2) is 84.8 Å². The van der Waals surface area contributed by atoms with E-state index in [0.717, 1.165) is 75.5 Å². The van der Waals surface area contributed by atoms with Gasteiger partial charge in [0.2, 0.25) is 0 Å². The molecule has 7 rings (SSSR count). The number of hydrogen-bond acceptors (Lipinski definition) is 7. The summed E-state index contributed by atoms with van der Waals surface area (Å²) in [6.07, 6.45) is 2.20. The Labute approximate surface area is 405 Å². The SMILES string of the molecule is CC(C)(C)c1nc(-c2ccc3c4ccnc(-c5[c-]c6ccccc6c(C(C)(C)C)c5)c4n(-c4ccc(C(F)(F)F)s4)c3c2)nc(C(C)(C)C)n1.CCC(CC)C(=O)/C=C(\O)C(CC)CC.[Ir]. The molecule has 0 unspecified atom stereocenters. The molecular formula is C54H63F3IrN5O2S-. The van der Waals surface area contributed by atoms with Crippen LogP contribution in [0.1, 0.15) is 138 Å². The molecule has 66 heavy (non-hydrogen) atoms. The normalized spacial score (nSPS) is 12.8. The van der Waals surface area contributed by atoms with Crippen LogP contribution in [0.5, 0.6) is 0 Å². The number of carbonyl (C=O) groups excluding carboxylic acids is 1. The molecule has 1 radical (unpaired) electrons. The molecule has 1 N–H and O–H groups in total. The van der Waals surface area contributed by atoms with Crippen LogP contribution >= 0.6 is 11.3 Å². The molecule has 3 aromatic carbocycles. The van der Waals surface area contributed by atoms with Crippen LogP contribution in [-0.4, -0.2) is 35.4 Å². The smallest absolute Gasteiger partial charge is 0.425 e. The van der Waals surface area contributed by atoms with E-state index >= 15 is 0 Å². The van der Waals surface area contributed by atoms with Crippen molar-refractivity contribution in [3.8, 4) is 27.6 Å². The summed E-state index contributed by atoms with van der Waals surface area (Å²) in [4.78, 5) is 30.6. The Bertz CT molecular complexity index is 2840. The number of benzene rings is 3. The molecule has 7 aromatic rings. The quantitative estimate of drug-likeness (QED) is 0.0833. The van der Waals surface area contributed by atoms with Gasteiger partial charge in [-0.1, -0.05) is 131 Å². The molecule has 0 fully saturated rings. The van der Waals surface area contributed by atoms with Gasteiger partial charge in [0.05, 0.1) is 11.3 Å². The number of nitrogens with zero attached hydrogens (tertiary/aromatic N) is 5. The predicted molar refractivity (Wildman–Crippen MR) is 262 cm³/mol. The number of thiophene rings is 1. The van der Waals surface area contributed by atoms with E-state index in [4.69, 9.17) is 19.9 Å². The van der Waals surface area contributed by atoms with Crippen molar-refractivity contribution in [3.05, 3.63) is 113 Å². The monoisotopic (exact) mass is 1100 g/mol. The number of aliphatic hydroxyl groups is 1. The Morgan fingerprint density at radius 1 is 0.742 bits per heavy atom. The van der Waals surface area contributed by atoms with Gasteiger partial charge in [-0.25, -0.2) is 15.0 Å². The second kappa shape index (κ2) is 20.2. The minimum Gasteiger partial charge on any atom is -0.512 e. The average molecular weight is 1100 g/mol. The fraction of sp³-hybridized carbons (Fsp3) is 0.426. The maximum absolute atomic E-state index is 14.0. The zero-order valence-electron chi connectivity index (χ0n) is 40.5. The molecule has 0 saturated heterocycles. The van der Waals surface area contributed by atoms with Crippen LogP contribution in [0.3, 0.4) is 0 Å². The predicted octanol–water partition coefficient (Wildman–Crippen LogP) is 15.5. The number of alkyl halides is 3. The Kier molecular flexibility index (Phi) is 16.0. The summed E-state index contributed by atoms with van der Waals surface area (Å²) in [6.45, 7) is 27.0. The zero-order valence-corrected chi connectivity index (χ0v) is 43.7. The van der Waals surface area contributed by atoms with E-state index in [0.29, 0.717) is 45.0 Å². The minimum absolute atomic E-state index is 0. The Hall–Kier alpha value is -4.77. The summed E-state index contributed by atoms with van der Waals surface area (Å²) in [6, 6.07) is 24.5. The first-order chi connectivity index (χ1) is 30.4. The van der Waals surface area contributed by atoms with Crippen LogP contribution in [0.4, 0.5) is 13.2 Å². The van der Waals surface area contributed by atoms with Crippen molar-refractivity contribution >= 4 is 49.7 Å². The van der Waals surface area contributed by atoms with Gasteiger partial charge in [0.15, 0.2) is 11.6 Å². The van der Waals surface area contributed by atoms with Crippen molar-refractivity contribution in [3.63, 3.8) is 0 Å². The number of aliphatic hydroxyl groups excluding tert-OH is 1. The standard InChI is InChI=1S/C41H39F3N5S.C13H24O2.Ir/c1-38(2,3)29-21-25(20-23-12-10-11-13-26(23)29)33-34-28(18-19-45-33)27-15-14-24(22-30(27)49(34)32-17-16-31(50-32)41(42,43)44)35-46-36(39(4,5)6)48-37(47-35)40(7,8)9;1-5-10(6-2)12(14)9-13(15)11(7-3)8-4;/h10-19,21-22H,1-9H3;9-11,14H,5-8H2,1-4H3;/q-1;;/b;12-9-;. The molecular weight excluding hydrogens is 1030 g/mol. The zero-order chi connectivity index (χ0) is 47.8. The van der Waals surface area contributed by atoms with E-state index < -0.39 is 11.1 Å². The van der Waals surface area contributed by atoms with Gasteiger partial charge in [0.1, 0.15) is 21.5 Å². The topological polar surface area (TPSA) is 93.8 Å². The molecule has 4 aromatic heterocycles. The summed E-state index contributed by atoms with van der Waals surface area (Å²) in [5.74, 6) is 2.42. The van der Waals surface area contributed by atoms with Crippen molar-refractivity contribution in [2.75, 3.05) is 0 Å². The van der Waals surface area contributed by atoms with Crippen LogP contribution < -0.4 is 0 Å². The first-order valence-corrected chi connectivity index (χ1v) is 23.5. The minimum atomic E-state index is -4.47. The number of hydrogen-bond donors (Lipinski definition) is 1. The molecule has 0 spiro atoms. The van der Waals surface area contributed by atoms with Gasteiger partial charge in [0, 0.05) is 82.6 Å². The van der Waals surface area contributed by atoms with Gasteiger partial charge >= 0.3 is 6.18 Å². The maximum Gasteiger partial charge on any atom is 0.425 e. The molecule has 0 aliphatic rings. The number of allylic oxidation sites excluding steroid dienone is 2. The fourth-order valence-electron chi connectivity index (χ4n) is 8.06. The van der Waals surface area contributed by atoms with E-state index in [-0.39, 0.29) is 59.7 Å². The van der Waals surface area contributed by atoms with Gasteiger partial charge in [-0.2, -0.15) is 13.2 Å². The summed E-state index contributed by atoms with van der Waals surface area (Å²) in [5.41, 5.74) is 3.90. The van der Waals surface area contributed by atoms with E-state index in [1.807, 2.05) is 74.7 Å². The molecule has 12 heteroatoms. The number of pyridine rings is 1. The number of ketones is 1. The van der Waals surface area contributed by atoms with Crippen molar-refractivity contribution in [1.29, 1.82) is 0 Å². The van der Waals surface area contributed by atoms with Crippen LogP contribution in [0.2, 0.25) is 0 Å². The summed E-state index contributed by atoms with van der Waals surface area (Å²) in [7, 11) is 0. The third-order valence-electron chi connectivity index (χ3n) is 11.9. The van der Waals surface area contributed by atoms with Crippen molar-refractivity contribution in [1.82, 2.24) is 24.5 Å².